The summed E-state index contributed by atoms with van der Waals surface area (Å²) in [5, 5.41) is 0. The van der Waals surface area contributed by atoms with Crippen LogP contribution in [0.3, 0.4) is 0 Å². The second-order valence-electron chi connectivity index (χ2n) is 9.74. The van der Waals surface area contributed by atoms with E-state index in [2.05, 4.69) is 6.07 Å². The number of benzene rings is 2. The van der Waals surface area contributed by atoms with E-state index in [1.54, 1.807) is 30.6 Å². The molecule has 38 heavy (non-hydrogen) atoms. The van der Waals surface area contributed by atoms with Crippen LogP contribution < -0.4 is 4.74 Å². The van der Waals surface area contributed by atoms with Crippen molar-refractivity contribution in [2.75, 3.05) is 7.11 Å². The molecule has 1 aliphatic heterocycles. The normalized spacial score (nSPS) is 23.1. The molecule has 1 unspecified atom stereocenters. The van der Waals surface area contributed by atoms with Gasteiger partial charge < -0.3 is 18.9 Å². The minimum Gasteiger partial charge on any atom is -0.496 e. The van der Waals surface area contributed by atoms with Gasteiger partial charge in [-0.05, 0) is 66.9 Å². The Balaban J connectivity index is 1.70. The van der Waals surface area contributed by atoms with Gasteiger partial charge in [0.25, 0.3) is 0 Å². The zero-order chi connectivity index (χ0) is 27.6. The molecule has 202 valence electrons. The van der Waals surface area contributed by atoms with Gasteiger partial charge in [0.2, 0.25) is 0 Å². The predicted octanol–water partition coefficient (Wildman–Crippen LogP) is 6.42. The van der Waals surface area contributed by atoms with E-state index in [9.17, 15) is 14.0 Å². The molecular formula is C30H33FO6S. The summed E-state index contributed by atoms with van der Waals surface area (Å²) < 4.78 is 36.9. The first-order valence-corrected chi connectivity index (χ1v) is 13.4. The molecule has 2 heterocycles. The van der Waals surface area contributed by atoms with Crippen LogP contribution in [0, 0.1) is 18.7 Å². The predicted molar refractivity (Wildman–Crippen MR) is 144 cm³/mol. The summed E-state index contributed by atoms with van der Waals surface area (Å²) in [6.07, 6.45) is -1.80. The molecule has 2 aromatic carbocycles. The van der Waals surface area contributed by atoms with Crippen molar-refractivity contribution in [1.29, 1.82) is 0 Å². The average Bonchev–Trinajstić information content (AvgIpc) is 3.33. The van der Waals surface area contributed by atoms with Crippen molar-refractivity contribution in [1.82, 2.24) is 0 Å². The standard InChI is InChI=1S/C30H33FO6S/c1-16-13-26(34-6)25(29-30(37-20(5)33)28(36-19(4)32)17(2)18(3)35-29)15-22(16)14-24-11-12-27(38-24)21-7-9-23(31)10-8-21/h7-13,15,17-18,28-30H,14H2,1-6H3/t17-,18-,28+,29?,30-/m1/s1. The summed E-state index contributed by atoms with van der Waals surface area (Å²) in [6.45, 7) is 8.53. The summed E-state index contributed by atoms with van der Waals surface area (Å²) in [5.41, 5.74) is 3.80. The Labute approximate surface area is 226 Å². The van der Waals surface area contributed by atoms with Crippen LogP contribution in [0.1, 0.15) is 55.4 Å². The van der Waals surface area contributed by atoms with Gasteiger partial charge in [0.1, 0.15) is 23.8 Å². The second-order valence-corrected chi connectivity index (χ2v) is 10.9. The quantitative estimate of drug-likeness (QED) is 0.322. The molecule has 1 saturated heterocycles. The van der Waals surface area contributed by atoms with Crippen molar-refractivity contribution in [3.8, 4) is 16.2 Å². The van der Waals surface area contributed by atoms with Crippen molar-refractivity contribution in [3.05, 3.63) is 75.9 Å². The fraction of sp³-hybridized carbons (Fsp3) is 0.400. The topological polar surface area (TPSA) is 71.1 Å². The van der Waals surface area contributed by atoms with Crippen LogP contribution in [0.25, 0.3) is 10.4 Å². The maximum atomic E-state index is 13.4. The molecule has 6 nitrogen and oxygen atoms in total. The Bertz CT molecular complexity index is 1300. The molecule has 1 aromatic heterocycles. The van der Waals surface area contributed by atoms with Crippen LogP contribution in [0.2, 0.25) is 0 Å². The van der Waals surface area contributed by atoms with Gasteiger partial charge in [0, 0.05) is 41.5 Å². The minimum atomic E-state index is -0.834. The molecule has 0 N–H and O–H groups in total. The number of rotatable bonds is 7. The van der Waals surface area contributed by atoms with Crippen molar-refractivity contribution >= 4 is 23.3 Å². The fourth-order valence-electron chi connectivity index (χ4n) is 4.87. The first kappa shape index (κ1) is 27.8. The van der Waals surface area contributed by atoms with Crippen LogP contribution in [0.4, 0.5) is 4.39 Å². The van der Waals surface area contributed by atoms with Crippen LogP contribution in [0.15, 0.2) is 48.5 Å². The highest BCUT2D eigenvalue weighted by atomic mass is 32.1. The number of esters is 2. The zero-order valence-electron chi connectivity index (χ0n) is 22.4. The number of hydrogen-bond donors (Lipinski definition) is 0. The Kier molecular flexibility index (Phi) is 8.53. The lowest BCUT2D eigenvalue weighted by Crippen LogP contribution is -2.52. The lowest BCUT2D eigenvalue weighted by atomic mass is 9.84. The van der Waals surface area contributed by atoms with Crippen LogP contribution >= 0.6 is 11.3 Å². The maximum absolute atomic E-state index is 13.4. The van der Waals surface area contributed by atoms with Crippen LogP contribution in [0.5, 0.6) is 5.75 Å². The van der Waals surface area contributed by atoms with E-state index >= 15 is 0 Å². The number of halogens is 1. The Hall–Kier alpha value is -3.23. The average molecular weight is 541 g/mol. The Morgan fingerprint density at radius 3 is 2.26 bits per heavy atom. The van der Waals surface area contributed by atoms with Gasteiger partial charge in [-0.1, -0.05) is 19.1 Å². The summed E-state index contributed by atoms with van der Waals surface area (Å²) >= 11 is 1.65. The maximum Gasteiger partial charge on any atom is 0.303 e. The zero-order valence-corrected chi connectivity index (χ0v) is 23.3. The highest BCUT2D eigenvalue weighted by Crippen LogP contribution is 2.43. The third-order valence-electron chi connectivity index (χ3n) is 7.00. The monoisotopic (exact) mass is 540 g/mol. The number of carbonyl (C=O) groups is 2. The molecule has 0 bridgehead atoms. The molecule has 1 fully saturated rings. The molecule has 0 aliphatic carbocycles. The Morgan fingerprint density at radius 2 is 1.63 bits per heavy atom. The molecule has 8 heteroatoms. The third-order valence-corrected chi connectivity index (χ3v) is 8.13. The van der Waals surface area contributed by atoms with Gasteiger partial charge in [-0.25, -0.2) is 4.39 Å². The van der Waals surface area contributed by atoms with Gasteiger partial charge in [0.05, 0.1) is 13.2 Å². The first-order chi connectivity index (χ1) is 18.1. The molecule has 0 radical (unpaired) electrons. The van der Waals surface area contributed by atoms with Gasteiger partial charge in [-0.15, -0.1) is 11.3 Å². The van der Waals surface area contributed by atoms with E-state index in [1.807, 2.05) is 39.0 Å². The number of ether oxygens (including phenoxy) is 4. The molecule has 4 rings (SSSR count). The van der Waals surface area contributed by atoms with E-state index in [4.69, 9.17) is 18.9 Å². The molecule has 3 aromatic rings. The molecule has 1 aliphatic rings. The van der Waals surface area contributed by atoms with Gasteiger partial charge in [0.15, 0.2) is 6.10 Å². The van der Waals surface area contributed by atoms with Crippen molar-refractivity contribution < 1.29 is 32.9 Å². The lowest BCUT2D eigenvalue weighted by molar-refractivity contribution is -0.222. The molecule has 0 saturated carbocycles. The van der Waals surface area contributed by atoms with Crippen molar-refractivity contribution in [2.45, 2.75) is 65.5 Å². The summed E-state index contributed by atoms with van der Waals surface area (Å²) in [5.74, 6) is -0.774. The highest BCUT2D eigenvalue weighted by molar-refractivity contribution is 7.15. The number of hydrogen-bond acceptors (Lipinski definition) is 7. The van der Waals surface area contributed by atoms with Gasteiger partial charge >= 0.3 is 11.9 Å². The van der Waals surface area contributed by atoms with E-state index in [1.165, 1.54) is 26.0 Å². The van der Waals surface area contributed by atoms with Gasteiger partial charge in [-0.2, -0.15) is 0 Å². The summed E-state index contributed by atoms with van der Waals surface area (Å²) in [6, 6.07) is 14.6. The molecule has 5 atom stereocenters. The van der Waals surface area contributed by atoms with E-state index < -0.39 is 30.3 Å². The van der Waals surface area contributed by atoms with E-state index in [-0.39, 0.29) is 17.8 Å². The fourth-order valence-corrected chi connectivity index (χ4v) is 5.91. The first-order valence-electron chi connectivity index (χ1n) is 12.6. The highest BCUT2D eigenvalue weighted by Gasteiger charge is 2.47. The van der Waals surface area contributed by atoms with Crippen LogP contribution in [-0.4, -0.2) is 37.4 Å². The van der Waals surface area contributed by atoms with E-state index in [0.29, 0.717) is 12.2 Å². The van der Waals surface area contributed by atoms with Crippen molar-refractivity contribution in [3.63, 3.8) is 0 Å². The molecule has 0 amide bonds. The second kappa shape index (κ2) is 11.7. The molecular weight excluding hydrogens is 507 g/mol. The largest absolute Gasteiger partial charge is 0.496 e. The third kappa shape index (κ3) is 6.08. The number of methoxy groups -OCH3 is 1. The minimum absolute atomic E-state index is 0.189. The van der Waals surface area contributed by atoms with Crippen LogP contribution in [-0.2, 0) is 30.2 Å². The molecule has 0 spiro atoms. The Morgan fingerprint density at radius 1 is 0.974 bits per heavy atom. The summed E-state index contributed by atoms with van der Waals surface area (Å²) in [4.78, 5) is 26.2. The summed E-state index contributed by atoms with van der Waals surface area (Å²) in [7, 11) is 1.59. The smallest absolute Gasteiger partial charge is 0.303 e. The number of aryl methyl sites for hydroxylation is 1. The SMILES string of the molecule is COc1cc(C)c(Cc2ccc(-c3ccc(F)cc3)s2)cc1C1O[C@H](C)[C@@H](C)[C@H](OC(C)=O)[C@H]1OC(C)=O. The number of carbonyl (C=O) groups excluding carboxylic acids is 2. The lowest BCUT2D eigenvalue weighted by Gasteiger charge is -2.44. The van der Waals surface area contributed by atoms with E-state index in [0.717, 1.165) is 32.0 Å². The van der Waals surface area contributed by atoms with Gasteiger partial charge in [-0.3, -0.25) is 9.59 Å². The number of thiophene rings is 1. The van der Waals surface area contributed by atoms with Crippen molar-refractivity contribution in [2.24, 2.45) is 5.92 Å².